The van der Waals surface area contributed by atoms with Crippen LogP contribution in [0.5, 0.6) is 0 Å². The summed E-state index contributed by atoms with van der Waals surface area (Å²) in [6, 6.07) is 32.0. The van der Waals surface area contributed by atoms with Gasteiger partial charge in [-0.15, -0.1) is 0 Å². The van der Waals surface area contributed by atoms with E-state index in [0.717, 1.165) is 12.8 Å². The van der Waals surface area contributed by atoms with E-state index >= 15 is 0 Å². The van der Waals surface area contributed by atoms with Crippen LogP contribution in [-0.4, -0.2) is 29.6 Å². The van der Waals surface area contributed by atoms with Crippen molar-refractivity contribution in [3.05, 3.63) is 107 Å². The molecule has 0 amide bonds. The summed E-state index contributed by atoms with van der Waals surface area (Å²) in [5.74, 6) is 0.480. The second-order valence-electron chi connectivity index (χ2n) is 10.5. The Morgan fingerprint density at radius 3 is 2.00 bits per heavy atom. The van der Waals surface area contributed by atoms with Crippen LogP contribution in [0.4, 0.5) is 0 Å². The van der Waals surface area contributed by atoms with E-state index in [2.05, 4.69) is 104 Å². The lowest BCUT2D eigenvalue weighted by Gasteiger charge is -2.40. The fourth-order valence-electron chi connectivity index (χ4n) is 6.24. The van der Waals surface area contributed by atoms with Gasteiger partial charge < -0.3 is 4.74 Å². The van der Waals surface area contributed by atoms with Crippen LogP contribution in [0.25, 0.3) is 0 Å². The largest absolute Gasteiger partial charge is 0.365 e. The highest BCUT2D eigenvalue weighted by molar-refractivity contribution is 5.38. The molecule has 5 rings (SSSR count). The average molecular weight is 454 g/mol. The van der Waals surface area contributed by atoms with Crippen molar-refractivity contribution in [1.82, 2.24) is 4.90 Å². The first-order valence-electron chi connectivity index (χ1n) is 13.3. The lowest BCUT2D eigenvalue weighted by Crippen LogP contribution is -2.46. The van der Waals surface area contributed by atoms with Crippen molar-refractivity contribution in [2.75, 3.05) is 6.54 Å². The van der Waals surface area contributed by atoms with Crippen molar-refractivity contribution in [3.8, 4) is 0 Å². The second kappa shape index (κ2) is 10.9. The van der Waals surface area contributed by atoms with Gasteiger partial charge in [0.25, 0.3) is 0 Å². The zero-order valence-electron chi connectivity index (χ0n) is 20.8. The Morgan fingerprint density at radius 2 is 1.35 bits per heavy atom. The first kappa shape index (κ1) is 23.3. The molecule has 2 saturated heterocycles. The Morgan fingerprint density at radius 1 is 0.765 bits per heavy atom. The van der Waals surface area contributed by atoms with Crippen molar-refractivity contribution in [2.45, 2.75) is 82.6 Å². The molecule has 2 unspecified atom stereocenters. The Labute approximate surface area is 206 Å². The SMILES string of the molecule is CC(C)c1ccccc1C(OC1C[C@H]2CC[C@@H](C1)N2CCCc1ccccc1)c1ccccc1. The van der Waals surface area contributed by atoms with Gasteiger partial charge in [0, 0.05) is 12.1 Å². The van der Waals surface area contributed by atoms with Gasteiger partial charge in [-0.2, -0.15) is 0 Å². The van der Waals surface area contributed by atoms with Crippen molar-refractivity contribution in [2.24, 2.45) is 0 Å². The van der Waals surface area contributed by atoms with Gasteiger partial charge in [-0.3, -0.25) is 4.90 Å². The molecular formula is C32H39NO. The third kappa shape index (κ3) is 5.29. The molecule has 0 aliphatic carbocycles. The predicted molar refractivity (Wildman–Crippen MR) is 141 cm³/mol. The molecule has 178 valence electrons. The zero-order chi connectivity index (χ0) is 23.3. The quantitative estimate of drug-likeness (QED) is 0.332. The van der Waals surface area contributed by atoms with Gasteiger partial charge >= 0.3 is 0 Å². The molecule has 0 aromatic heterocycles. The van der Waals surface area contributed by atoms with E-state index in [4.69, 9.17) is 4.74 Å². The molecule has 3 aromatic carbocycles. The lowest BCUT2D eigenvalue weighted by molar-refractivity contribution is -0.0485. The van der Waals surface area contributed by atoms with E-state index in [0.29, 0.717) is 24.1 Å². The molecule has 4 atom stereocenters. The molecule has 34 heavy (non-hydrogen) atoms. The molecule has 0 radical (unpaired) electrons. The van der Waals surface area contributed by atoms with E-state index in [1.807, 2.05) is 0 Å². The normalized spacial score (nSPS) is 23.3. The third-order valence-electron chi connectivity index (χ3n) is 7.90. The zero-order valence-corrected chi connectivity index (χ0v) is 20.8. The maximum absolute atomic E-state index is 7.03. The van der Waals surface area contributed by atoms with E-state index in [-0.39, 0.29) is 6.10 Å². The molecule has 2 heterocycles. The number of rotatable bonds is 9. The van der Waals surface area contributed by atoms with Crippen molar-refractivity contribution in [1.29, 1.82) is 0 Å². The van der Waals surface area contributed by atoms with Crippen LogP contribution in [0.15, 0.2) is 84.9 Å². The minimum absolute atomic E-state index is 0.00818. The molecule has 2 nitrogen and oxygen atoms in total. The van der Waals surface area contributed by atoms with Gasteiger partial charge in [-0.25, -0.2) is 0 Å². The maximum atomic E-state index is 7.03. The number of fused-ring (bicyclic) bond motifs is 2. The summed E-state index contributed by atoms with van der Waals surface area (Å²) in [6.45, 7) is 5.79. The summed E-state index contributed by atoms with van der Waals surface area (Å²) in [4.78, 5) is 2.81. The van der Waals surface area contributed by atoms with Gasteiger partial charge in [-0.05, 0) is 73.2 Å². The summed E-state index contributed by atoms with van der Waals surface area (Å²) in [6.07, 6.45) is 7.74. The fourth-order valence-corrected chi connectivity index (χ4v) is 6.24. The van der Waals surface area contributed by atoms with Crippen molar-refractivity contribution in [3.63, 3.8) is 0 Å². The first-order valence-corrected chi connectivity index (χ1v) is 13.3. The number of benzene rings is 3. The van der Waals surface area contributed by atoms with Crippen molar-refractivity contribution >= 4 is 0 Å². The Bertz CT molecular complexity index is 1020. The van der Waals surface area contributed by atoms with Gasteiger partial charge in [0.15, 0.2) is 0 Å². The third-order valence-corrected chi connectivity index (χ3v) is 7.90. The smallest absolute Gasteiger partial charge is 0.108 e. The van der Waals surface area contributed by atoms with E-state index in [1.165, 1.54) is 54.5 Å². The number of hydrogen-bond acceptors (Lipinski definition) is 2. The molecule has 0 spiro atoms. The van der Waals surface area contributed by atoms with E-state index in [1.54, 1.807) is 0 Å². The Balaban J connectivity index is 1.28. The summed E-state index contributed by atoms with van der Waals surface area (Å²) >= 11 is 0. The maximum Gasteiger partial charge on any atom is 0.108 e. The van der Waals surface area contributed by atoms with Crippen LogP contribution in [0.2, 0.25) is 0 Å². The van der Waals surface area contributed by atoms with Crippen LogP contribution >= 0.6 is 0 Å². The lowest BCUT2D eigenvalue weighted by atomic mass is 9.90. The Hall–Kier alpha value is -2.42. The molecule has 2 bridgehead atoms. The molecular weight excluding hydrogens is 414 g/mol. The van der Waals surface area contributed by atoms with Crippen LogP contribution in [0, 0.1) is 0 Å². The van der Waals surface area contributed by atoms with Gasteiger partial charge in [-0.1, -0.05) is 98.8 Å². The minimum Gasteiger partial charge on any atom is -0.365 e. The van der Waals surface area contributed by atoms with Gasteiger partial charge in [0.05, 0.1) is 6.10 Å². The number of piperidine rings is 1. The van der Waals surface area contributed by atoms with Crippen LogP contribution in [0.1, 0.15) is 80.2 Å². The molecule has 0 saturated carbocycles. The average Bonchev–Trinajstić information content (AvgIpc) is 3.11. The highest BCUT2D eigenvalue weighted by Crippen LogP contribution is 2.41. The standard InChI is InChI=1S/C32H39NO/c1-24(2)30-17-9-10-18-31(30)32(26-15-7-4-8-16-26)34-29-22-27-19-20-28(23-29)33(27)21-11-14-25-12-5-3-6-13-25/h3-10,12-13,15-18,24,27-29,32H,11,14,19-23H2,1-2H3/t27-,28+,29?,32?. The van der Waals surface area contributed by atoms with E-state index < -0.39 is 0 Å². The highest BCUT2D eigenvalue weighted by atomic mass is 16.5. The number of ether oxygens (including phenoxy) is 1. The monoisotopic (exact) mass is 453 g/mol. The second-order valence-corrected chi connectivity index (χ2v) is 10.5. The highest BCUT2D eigenvalue weighted by Gasteiger charge is 2.41. The predicted octanol–water partition coefficient (Wildman–Crippen LogP) is 7.54. The first-order chi connectivity index (χ1) is 16.7. The molecule has 2 aliphatic rings. The topological polar surface area (TPSA) is 12.5 Å². The number of hydrogen-bond donors (Lipinski definition) is 0. The molecule has 2 aliphatic heterocycles. The summed E-state index contributed by atoms with van der Waals surface area (Å²) < 4.78 is 7.03. The van der Waals surface area contributed by atoms with Crippen LogP contribution in [-0.2, 0) is 11.2 Å². The fraction of sp³-hybridized carbons (Fsp3) is 0.438. The Kier molecular flexibility index (Phi) is 7.47. The molecule has 3 aromatic rings. The van der Waals surface area contributed by atoms with Gasteiger partial charge in [0.1, 0.15) is 6.10 Å². The summed E-state index contributed by atoms with van der Waals surface area (Å²) in [7, 11) is 0. The number of aryl methyl sites for hydroxylation is 1. The molecule has 2 fully saturated rings. The molecule has 2 heteroatoms. The van der Waals surface area contributed by atoms with Gasteiger partial charge in [0.2, 0.25) is 0 Å². The number of nitrogens with zero attached hydrogens (tertiary/aromatic N) is 1. The summed E-state index contributed by atoms with van der Waals surface area (Å²) in [5.41, 5.74) is 5.47. The van der Waals surface area contributed by atoms with E-state index in [9.17, 15) is 0 Å². The van der Waals surface area contributed by atoms with Crippen molar-refractivity contribution < 1.29 is 4.74 Å². The van der Waals surface area contributed by atoms with Crippen LogP contribution < -0.4 is 0 Å². The van der Waals surface area contributed by atoms with Crippen LogP contribution in [0.3, 0.4) is 0 Å². The minimum atomic E-state index is 0.00818. The molecule has 0 N–H and O–H groups in total. The summed E-state index contributed by atoms with van der Waals surface area (Å²) in [5, 5.41) is 0.